The minimum atomic E-state index is -4.98. The van der Waals surface area contributed by atoms with Crippen molar-refractivity contribution in [2.24, 2.45) is 0 Å². The van der Waals surface area contributed by atoms with Crippen molar-refractivity contribution >= 4 is 34.8 Å². The number of benzene rings is 3. The fraction of sp³-hybridized carbons (Fsp3) is 0.167. The van der Waals surface area contributed by atoms with Gasteiger partial charge in [0.2, 0.25) is 0 Å². The quantitative estimate of drug-likeness (QED) is 0.245. The van der Waals surface area contributed by atoms with Crippen molar-refractivity contribution in [3.63, 3.8) is 0 Å². The van der Waals surface area contributed by atoms with Crippen LogP contribution in [0, 0.1) is 11.6 Å². The predicted octanol–water partition coefficient (Wildman–Crippen LogP) is 4.13. The number of aliphatic hydroxyl groups is 1. The zero-order valence-corrected chi connectivity index (χ0v) is 19.1. The van der Waals surface area contributed by atoms with Crippen molar-refractivity contribution in [3.05, 3.63) is 92.5 Å². The molecule has 2 amide bonds. The number of nitrogen functional groups attached to an aromatic ring is 1. The molecule has 3 aromatic carbocycles. The van der Waals surface area contributed by atoms with Gasteiger partial charge in [-0.2, -0.15) is 13.2 Å². The zero-order valence-electron chi connectivity index (χ0n) is 21.4. The number of halogens is 6. The van der Waals surface area contributed by atoms with Crippen molar-refractivity contribution < 1.29 is 40.8 Å². The van der Waals surface area contributed by atoms with Crippen LogP contribution >= 0.6 is 11.6 Å². The van der Waals surface area contributed by atoms with Crippen LogP contribution in [0.2, 0.25) is 5.02 Å². The molecule has 13 heteroatoms. The van der Waals surface area contributed by atoms with Gasteiger partial charge in [0.05, 0.1) is 21.8 Å². The second-order valence-electron chi connectivity index (χ2n) is 8.07. The first-order valence-electron chi connectivity index (χ1n) is 11.8. The molecular weight excluding hydrogens is 523 g/mol. The molecule has 7 nitrogen and oxygen atoms in total. The van der Waals surface area contributed by atoms with E-state index in [4.69, 9.17) is 21.4 Å². The van der Waals surface area contributed by atoms with Gasteiger partial charge in [0, 0.05) is 33.0 Å². The number of anilines is 2. The Morgan fingerprint density at radius 3 is 2.57 bits per heavy atom. The van der Waals surface area contributed by atoms with Crippen LogP contribution in [0.4, 0.5) is 33.3 Å². The van der Waals surface area contributed by atoms with Crippen LogP contribution in [0.3, 0.4) is 0 Å². The molecule has 1 atom stereocenters. The lowest BCUT2D eigenvalue weighted by Crippen LogP contribution is -2.41. The van der Waals surface area contributed by atoms with Crippen LogP contribution in [0.5, 0.6) is 0 Å². The molecule has 0 saturated carbocycles. The van der Waals surface area contributed by atoms with E-state index < -0.39 is 76.8 Å². The molecule has 1 unspecified atom stereocenters. The number of hydrogen-bond acceptors (Lipinski definition) is 5. The number of rotatable bonds is 5. The summed E-state index contributed by atoms with van der Waals surface area (Å²) in [5.74, 6) is -4.42. The van der Waals surface area contributed by atoms with Crippen LogP contribution in [0.1, 0.15) is 47.1 Å². The highest BCUT2D eigenvalue weighted by Crippen LogP contribution is 2.45. The fourth-order valence-corrected chi connectivity index (χ4v) is 4.36. The summed E-state index contributed by atoms with van der Waals surface area (Å²) in [5, 5.41) is 17.9. The lowest BCUT2D eigenvalue weighted by Gasteiger charge is -2.28. The van der Waals surface area contributed by atoms with E-state index in [9.17, 15) is 36.6 Å². The molecule has 0 aromatic heterocycles. The van der Waals surface area contributed by atoms with E-state index in [1.165, 1.54) is 0 Å². The first kappa shape index (κ1) is 22.5. The normalized spacial score (nSPS) is 18.5. The Kier molecular flexibility index (Phi) is 5.64. The van der Waals surface area contributed by atoms with Crippen LogP contribution in [-0.2, 0) is 18.4 Å². The lowest BCUT2D eigenvalue weighted by molar-refractivity contribution is -0.137. The summed E-state index contributed by atoms with van der Waals surface area (Å²) in [5.41, 5.74) is -0.462. The fourth-order valence-electron chi connectivity index (χ4n) is 4.06. The van der Waals surface area contributed by atoms with Gasteiger partial charge in [-0.25, -0.2) is 8.78 Å². The van der Waals surface area contributed by atoms with Crippen molar-refractivity contribution in [1.82, 2.24) is 10.6 Å². The Hall–Kier alpha value is -3.74. The number of carbonyl (C=O) groups is 2. The summed E-state index contributed by atoms with van der Waals surface area (Å²) < 4.78 is 89.4. The summed E-state index contributed by atoms with van der Waals surface area (Å²) >= 11 is 6.13. The largest absolute Gasteiger partial charge is 0.416 e. The molecule has 3 aromatic rings. The Morgan fingerprint density at radius 1 is 1.19 bits per heavy atom. The van der Waals surface area contributed by atoms with E-state index >= 15 is 0 Å². The Morgan fingerprint density at radius 2 is 1.92 bits per heavy atom. The number of nitrogens with one attached hydrogen (secondary N) is 3. The first-order chi connectivity index (χ1) is 18.4. The van der Waals surface area contributed by atoms with Crippen LogP contribution in [-0.4, -0.2) is 23.9 Å². The van der Waals surface area contributed by atoms with Gasteiger partial charge in [0.25, 0.3) is 11.8 Å². The van der Waals surface area contributed by atoms with E-state index in [2.05, 4.69) is 16.0 Å². The van der Waals surface area contributed by atoms with Crippen molar-refractivity contribution in [2.45, 2.75) is 18.4 Å². The summed E-state index contributed by atoms with van der Waals surface area (Å²) in [6.07, 6.45) is -4.98. The number of nitrogens with two attached hydrogens (primary N) is 1. The third kappa shape index (κ3) is 4.70. The number of fused-ring (bicyclic) bond motifs is 1. The topological polar surface area (TPSA) is 116 Å². The van der Waals surface area contributed by atoms with Crippen molar-refractivity contribution in [2.75, 3.05) is 18.0 Å². The second kappa shape index (κ2) is 9.29. The molecule has 0 radical (unpaired) electrons. The second-order valence-corrected chi connectivity index (χ2v) is 8.48. The van der Waals surface area contributed by atoms with E-state index in [0.717, 1.165) is 24.3 Å². The monoisotopic (exact) mass is 543 g/mol. The van der Waals surface area contributed by atoms with E-state index in [0.29, 0.717) is 12.1 Å². The highest BCUT2D eigenvalue weighted by atomic mass is 35.5. The molecule has 0 spiro atoms. The molecule has 1 aliphatic rings. The molecule has 194 valence electrons. The number of hydrogen-bond donors (Lipinski definition) is 5. The van der Waals surface area contributed by atoms with Gasteiger partial charge in [-0.1, -0.05) is 11.6 Å². The minimum Gasteiger partial charge on any atom is -0.398 e. The van der Waals surface area contributed by atoms with Gasteiger partial charge >= 0.3 is 6.18 Å². The van der Waals surface area contributed by atoms with Gasteiger partial charge in [-0.3, -0.25) is 9.59 Å². The molecule has 1 aliphatic heterocycles. The number of amides is 2. The van der Waals surface area contributed by atoms with Gasteiger partial charge in [-0.05, 0) is 55.0 Å². The lowest BCUT2D eigenvalue weighted by atomic mass is 9.90. The molecule has 1 heterocycles. The third-order valence-electron chi connectivity index (χ3n) is 5.67. The maximum absolute atomic E-state index is 14.0. The molecule has 0 bridgehead atoms. The first-order valence-corrected chi connectivity index (χ1v) is 10.7. The number of carbonyl (C=O) groups excluding carboxylic acids is 2. The summed E-state index contributed by atoms with van der Waals surface area (Å²) in [6.45, 7) is -3.13. The van der Waals surface area contributed by atoms with Gasteiger partial charge in [-0.15, -0.1) is 0 Å². The Bertz CT molecular complexity index is 1550. The molecule has 4 rings (SSSR count). The Balaban J connectivity index is 1.91. The average Bonchev–Trinajstić information content (AvgIpc) is 3.09. The van der Waals surface area contributed by atoms with E-state index in [1.54, 1.807) is 0 Å². The average molecular weight is 544 g/mol. The van der Waals surface area contributed by atoms with Crippen molar-refractivity contribution in [3.8, 4) is 0 Å². The SMILES string of the molecule is [2H]C([2H])([2H])NCc1cc(NC(=O)c2cc(F)cc(C(F)(F)F)c2)c2c(c1N)C(=O)NC2(O)c1ccc(F)cc1Cl. The minimum absolute atomic E-state index is 0.0509. The third-order valence-corrected chi connectivity index (χ3v) is 5.98. The molecule has 0 aliphatic carbocycles. The number of alkyl halides is 3. The van der Waals surface area contributed by atoms with E-state index in [-0.39, 0.29) is 27.9 Å². The van der Waals surface area contributed by atoms with Gasteiger partial charge in [0.1, 0.15) is 11.6 Å². The molecule has 6 N–H and O–H groups in total. The van der Waals surface area contributed by atoms with Crippen LogP contribution in [0.15, 0.2) is 42.5 Å². The summed E-state index contributed by atoms with van der Waals surface area (Å²) in [7, 11) is 0. The Labute approximate surface area is 215 Å². The molecule has 37 heavy (non-hydrogen) atoms. The van der Waals surface area contributed by atoms with Crippen LogP contribution in [0.25, 0.3) is 0 Å². The summed E-state index contributed by atoms with van der Waals surface area (Å²) in [6, 6.07) is 4.99. The van der Waals surface area contributed by atoms with Gasteiger partial charge < -0.3 is 26.8 Å². The van der Waals surface area contributed by atoms with Crippen LogP contribution < -0.4 is 21.7 Å². The molecule has 0 fully saturated rings. The maximum atomic E-state index is 14.0. The maximum Gasteiger partial charge on any atom is 0.416 e. The van der Waals surface area contributed by atoms with Crippen molar-refractivity contribution in [1.29, 1.82) is 0 Å². The van der Waals surface area contributed by atoms with Gasteiger partial charge in [0.15, 0.2) is 5.72 Å². The highest BCUT2D eigenvalue weighted by molar-refractivity contribution is 6.31. The van der Waals surface area contributed by atoms with E-state index in [1.807, 2.05) is 0 Å². The zero-order chi connectivity index (χ0) is 29.8. The highest BCUT2D eigenvalue weighted by Gasteiger charge is 2.48. The summed E-state index contributed by atoms with van der Waals surface area (Å²) in [4.78, 5) is 26.1. The standard InChI is InChI=1S/C24H18ClF5N4O3/c1-32-9-11-6-17(33-21(35)10-4-12(24(28,29)30)7-14(27)5-10)19-18(20(11)31)22(36)34-23(19,37)15-3-2-13(26)8-16(15)25/h2-8,32,37H,9,31H2,1H3,(H,33,35)(H,34,36)/i1D3. The smallest absolute Gasteiger partial charge is 0.398 e. The molecule has 0 saturated heterocycles. The molecular formula is C24H18ClF5N4O3. The predicted molar refractivity (Wildman–Crippen MR) is 125 cm³/mol.